The highest BCUT2D eigenvalue weighted by Gasteiger charge is 2.27. The quantitative estimate of drug-likeness (QED) is 0.362. The molecule has 0 bridgehead atoms. The van der Waals surface area contributed by atoms with Crippen LogP contribution >= 0.6 is 0 Å². The summed E-state index contributed by atoms with van der Waals surface area (Å²) in [4.78, 5) is 13.3. The molecule has 2 fully saturated rings. The fourth-order valence-corrected chi connectivity index (χ4v) is 5.31. The van der Waals surface area contributed by atoms with Crippen molar-refractivity contribution in [1.82, 2.24) is 24.1 Å². The summed E-state index contributed by atoms with van der Waals surface area (Å²) >= 11 is 0. The predicted octanol–water partition coefficient (Wildman–Crippen LogP) is 2.72. The Morgan fingerprint density at radius 3 is 2.56 bits per heavy atom. The van der Waals surface area contributed by atoms with Gasteiger partial charge in [0.15, 0.2) is 5.82 Å². The van der Waals surface area contributed by atoms with Crippen molar-refractivity contribution in [3.05, 3.63) is 54.9 Å². The fourth-order valence-electron chi connectivity index (χ4n) is 5.31. The van der Waals surface area contributed by atoms with Gasteiger partial charge in [-0.2, -0.15) is 4.98 Å². The second-order valence-electron chi connectivity index (χ2n) is 9.40. The first-order valence-electron chi connectivity index (χ1n) is 12.4. The lowest BCUT2D eigenvalue weighted by molar-refractivity contribution is 0.265. The molecule has 5 heterocycles. The Hall–Kier alpha value is -3.70. The highest BCUT2D eigenvalue weighted by Crippen LogP contribution is 2.30. The second kappa shape index (κ2) is 9.40. The number of nitrogens with one attached hydrogen (secondary N) is 1. The first-order valence-corrected chi connectivity index (χ1v) is 12.4. The molecule has 0 amide bonds. The molecular formula is C25H29FN8O2. The number of hydrogen-bond acceptors (Lipinski definition) is 8. The molecule has 2 saturated heterocycles. The van der Waals surface area contributed by atoms with Crippen LogP contribution in [0.4, 0.5) is 27.7 Å². The number of aromatic nitrogens is 5. The number of nitrogens with zero attached hydrogens (tertiary/aromatic N) is 7. The molecule has 3 N–H and O–H groups in total. The van der Waals surface area contributed by atoms with Crippen molar-refractivity contribution < 1.29 is 14.6 Å². The zero-order chi connectivity index (χ0) is 24.6. The minimum absolute atomic E-state index is 0.00767. The van der Waals surface area contributed by atoms with Crippen LogP contribution in [-0.2, 0) is 0 Å². The third-order valence-corrected chi connectivity index (χ3v) is 7.14. The van der Waals surface area contributed by atoms with Gasteiger partial charge in [0.1, 0.15) is 23.5 Å². The van der Waals surface area contributed by atoms with Crippen LogP contribution in [0.2, 0.25) is 0 Å². The first kappa shape index (κ1) is 22.7. The van der Waals surface area contributed by atoms with Gasteiger partial charge in [0.05, 0.1) is 37.2 Å². The van der Waals surface area contributed by atoms with Crippen LogP contribution < -0.4 is 15.1 Å². The summed E-state index contributed by atoms with van der Waals surface area (Å²) in [6.07, 6.45) is 9.05. The largest absolute Gasteiger partial charge is 0.394 e. The van der Waals surface area contributed by atoms with Gasteiger partial charge in [-0.15, -0.1) is 5.10 Å². The van der Waals surface area contributed by atoms with E-state index in [1.807, 2.05) is 29.3 Å². The van der Waals surface area contributed by atoms with Crippen molar-refractivity contribution in [2.24, 2.45) is 0 Å². The Bertz CT molecular complexity index is 1370. The van der Waals surface area contributed by atoms with E-state index in [2.05, 4.69) is 20.3 Å². The van der Waals surface area contributed by atoms with E-state index in [0.717, 1.165) is 50.0 Å². The Labute approximate surface area is 207 Å². The molecule has 0 radical (unpaired) electrons. The number of fused-ring (bicyclic) bond motifs is 1. The molecule has 2 atom stereocenters. The molecule has 3 aromatic heterocycles. The van der Waals surface area contributed by atoms with Crippen molar-refractivity contribution in [2.75, 3.05) is 41.4 Å². The maximum atomic E-state index is 14.6. The van der Waals surface area contributed by atoms with Crippen molar-refractivity contribution in [3.8, 4) is 5.69 Å². The molecule has 6 rings (SSSR count). The van der Waals surface area contributed by atoms with E-state index in [0.29, 0.717) is 23.3 Å². The molecule has 2 aliphatic rings. The molecule has 188 valence electrons. The van der Waals surface area contributed by atoms with E-state index < -0.39 is 0 Å². The van der Waals surface area contributed by atoms with Gasteiger partial charge in [0.2, 0.25) is 5.95 Å². The zero-order valence-electron chi connectivity index (χ0n) is 19.8. The minimum Gasteiger partial charge on any atom is -0.394 e. The van der Waals surface area contributed by atoms with Gasteiger partial charge in [-0.3, -0.25) is 0 Å². The molecular weight excluding hydrogens is 463 g/mol. The molecule has 0 spiro atoms. The summed E-state index contributed by atoms with van der Waals surface area (Å²) in [6.45, 7) is 1.70. The number of halogens is 1. The van der Waals surface area contributed by atoms with E-state index >= 15 is 0 Å². The van der Waals surface area contributed by atoms with Crippen LogP contribution in [0, 0.1) is 5.82 Å². The van der Waals surface area contributed by atoms with Gasteiger partial charge >= 0.3 is 0 Å². The van der Waals surface area contributed by atoms with E-state index in [4.69, 9.17) is 4.98 Å². The monoisotopic (exact) mass is 492 g/mol. The second-order valence-corrected chi connectivity index (χ2v) is 9.40. The smallest absolute Gasteiger partial charge is 0.245 e. The Balaban J connectivity index is 1.29. The molecule has 11 heteroatoms. The fraction of sp³-hybridized carbons (Fsp3) is 0.400. The topological polar surface area (TPSA) is 107 Å². The van der Waals surface area contributed by atoms with E-state index in [-0.39, 0.29) is 31.1 Å². The highest BCUT2D eigenvalue weighted by molar-refractivity contribution is 5.73. The summed E-state index contributed by atoms with van der Waals surface area (Å²) in [5.74, 6) is 1.37. The summed E-state index contributed by atoms with van der Waals surface area (Å²) in [5, 5.41) is 27.4. The zero-order valence-corrected chi connectivity index (χ0v) is 19.8. The SMILES string of the molecule is OCC1CCCN1c1cc(F)cc(-n2cnc(Nc3nc(N4CCCC4CO)nn4cccc34)c2)c1. The van der Waals surface area contributed by atoms with E-state index in [9.17, 15) is 14.6 Å². The molecule has 0 aliphatic carbocycles. The molecule has 36 heavy (non-hydrogen) atoms. The summed E-state index contributed by atoms with van der Waals surface area (Å²) < 4.78 is 18.1. The molecule has 2 aliphatic heterocycles. The number of aliphatic hydroxyl groups excluding tert-OH is 2. The third-order valence-electron chi connectivity index (χ3n) is 7.14. The van der Waals surface area contributed by atoms with Crippen molar-refractivity contribution in [2.45, 2.75) is 37.8 Å². The summed E-state index contributed by atoms with van der Waals surface area (Å²) in [6, 6.07) is 8.73. The highest BCUT2D eigenvalue weighted by atomic mass is 19.1. The standard InChI is InChI=1S/C25H29FN8O2/c26-17-10-20(12-21(11-17)32-7-1-4-18(32)14-35)31-13-23(27-16-31)28-24-22-6-3-9-34(22)30-25(29-24)33-8-2-5-19(33)15-36/h3,6,9-13,16,18-19,35-36H,1-2,4-5,7-8,14-15H2,(H,28,29,30). The number of hydrogen-bond donors (Lipinski definition) is 3. The average molecular weight is 493 g/mol. The van der Waals surface area contributed by atoms with Crippen molar-refractivity contribution in [1.29, 1.82) is 0 Å². The lowest BCUT2D eigenvalue weighted by Crippen LogP contribution is -2.34. The van der Waals surface area contributed by atoms with Crippen molar-refractivity contribution >= 4 is 28.8 Å². The molecule has 0 saturated carbocycles. The van der Waals surface area contributed by atoms with Crippen LogP contribution in [0.25, 0.3) is 11.2 Å². The number of imidazole rings is 1. The molecule has 1 aromatic carbocycles. The van der Waals surface area contributed by atoms with Crippen LogP contribution in [0.5, 0.6) is 0 Å². The maximum Gasteiger partial charge on any atom is 0.245 e. The predicted molar refractivity (Wildman–Crippen MR) is 135 cm³/mol. The van der Waals surface area contributed by atoms with Crippen LogP contribution in [0.15, 0.2) is 49.1 Å². The Morgan fingerprint density at radius 2 is 1.75 bits per heavy atom. The van der Waals surface area contributed by atoms with Crippen LogP contribution in [0.1, 0.15) is 25.7 Å². The lowest BCUT2D eigenvalue weighted by Gasteiger charge is -2.25. The van der Waals surface area contributed by atoms with Crippen LogP contribution in [0.3, 0.4) is 0 Å². The normalized spacial score (nSPS) is 20.1. The van der Waals surface area contributed by atoms with E-state index in [1.54, 1.807) is 21.6 Å². The van der Waals surface area contributed by atoms with Gasteiger partial charge in [0, 0.05) is 25.0 Å². The van der Waals surface area contributed by atoms with Gasteiger partial charge < -0.3 is 29.9 Å². The average Bonchev–Trinajstić information content (AvgIpc) is 3.69. The molecule has 4 aromatic rings. The minimum atomic E-state index is -0.339. The summed E-state index contributed by atoms with van der Waals surface area (Å²) in [5.41, 5.74) is 2.20. The maximum absolute atomic E-state index is 14.6. The number of benzene rings is 1. The van der Waals surface area contributed by atoms with Crippen molar-refractivity contribution in [3.63, 3.8) is 0 Å². The summed E-state index contributed by atoms with van der Waals surface area (Å²) in [7, 11) is 0. The lowest BCUT2D eigenvalue weighted by atomic mass is 10.2. The number of anilines is 4. The van der Waals surface area contributed by atoms with Gasteiger partial charge in [0.25, 0.3) is 0 Å². The molecule has 2 unspecified atom stereocenters. The van der Waals surface area contributed by atoms with Gasteiger partial charge in [-0.25, -0.2) is 13.9 Å². The number of aliphatic hydroxyl groups is 2. The Kier molecular flexibility index (Phi) is 5.94. The van der Waals surface area contributed by atoms with Gasteiger partial charge in [-0.05, 0) is 56.0 Å². The van der Waals surface area contributed by atoms with E-state index in [1.165, 1.54) is 12.1 Å². The van der Waals surface area contributed by atoms with Gasteiger partial charge in [-0.1, -0.05) is 0 Å². The van der Waals surface area contributed by atoms with Crippen LogP contribution in [-0.4, -0.2) is 72.7 Å². The third kappa shape index (κ3) is 4.14. The molecule has 10 nitrogen and oxygen atoms in total. The first-order chi connectivity index (χ1) is 17.6. The Morgan fingerprint density at radius 1 is 1.00 bits per heavy atom. The number of rotatable bonds is 7.